The van der Waals surface area contributed by atoms with Gasteiger partial charge in [0.1, 0.15) is 0 Å². The lowest BCUT2D eigenvalue weighted by Gasteiger charge is -2.35. The highest BCUT2D eigenvalue weighted by molar-refractivity contribution is 14.1. The van der Waals surface area contributed by atoms with Gasteiger partial charge in [-0.3, -0.25) is 0 Å². The van der Waals surface area contributed by atoms with Gasteiger partial charge in [0.15, 0.2) is 0 Å². The summed E-state index contributed by atoms with van der Waals surface area (Å²) >= 11 is 1.99. The van der Waals surface area contributed by atoms with Gasteiger partial charge < -0.3 is 10.4 Å². The van der Waals surface area contributed by atoms with Crippen LogP contribution in [-0.2, 0) is 0 Å². The van der Waals surface area contributed by atoms with Crippen LogP contribution in [0.15, 0.2) is 0 Å². The maximum absolute atomic E-state index is 10.7. The Morgan fingerprint density at radius 1 is 1.43 bits per heavy atom. The summed E-state index contributed by atoms with van der Waals surface area (Å²) in [6.45, 7) is 0. The first kappa shape index (κ1) is 11.6. The zero-order valence-corrected chi connectivity index (χ0v) is 10.1. The van der Waals surface area contributed by atoms with Gasteiger partial charge in [0, 0.05) is 29.0 Å². The van der Waals surface area contributed by atoms with Crippen molar-refractivity contribution in [3.05, 3.63) is 0 Å². The number of amides is 1. The van der Waals surface area contributed by atoms with E-state index in [1.807, 2.05) is 22.6 Å². The topological polar surface area (TPSA) is 49.3 Å². The second kappa shape index (κ2) is 5.44. The number of hydrogen-bond donors (Lipinski definition) is 2. The molecule has 14 heavy (non-hydrogen) atoms. The summed E-state index contributed by atoms with van der Waals surface area (Å²) in [6, 6.07) is 0. The van der Waals surface area contributed by atoms with Crippen LogP contribution in [0, 0.1) is 9.85 Å². The fraction of sp³-hybridized carbons (Fsp3) is 0.700. The van der Waals surface area contributed by atoms with E-state index in [9.17, 15) is 4.79 Å². The molecule has 0 bridgehead atoms. The molecule has 0 aromatic rings. The highest BCUT2D eigenvalue weighted by Gasteiger charge is 2.32. The lowest BCUT2D eigenvalue weighted by atomic mass is 9.79. The van der Waals surface area contributed by atoms with Crippen LogP contribution in [0.2, 0.25) is 0 Å². The van der Waals surface area contributed by atoms with Crippen molar-refractivity contribution in [3.63, 3.8) is 0 Å². The number of carboxylic acid groups (broad SMARTS) is 1. The molecule has 78 valence electrons. The van der Waals surface area contributed by atoms with Crippen LogP contribution in [-0.4, -0.2) is 16.7 Å². The number of hydrogen-bond acceptors (Lipinski definition) is 1. The molecule has 0 heterocycles. The van der Waals surface area contributed by atoms with E-state index in [0.29, 0.717) is 6.42 Å². The molecule has 3 nitrogen and oxygen atoms in total. The largest absolute Gasteiger partial charge is 0.465 e. The first-order chi connectivity index (χ1) is 6.68. The highest BCUT2D eigenvalue weighted by Crippen LogP contribution is 2.30. The third-order valence-electron chi connectivity index (χ3n) is 2.68. The van der Waals surface area contributed by atoms with E-state index >= 15 is 0 Å². The molecule has 0 aromatic carbocycles. The van der Waals surface area contributed by atoms with E-state index in [1.165, 1.54) is 6.42 Å². The molecule has 0 saturated heterocycles. The number of halogens is 1. The maximum Gasteiger partial charge on any atom is 0.405 e. The summed E-state index contributed by atoms with van der Waals surface area (Å²) in [6.07, 6.45) is 4.96. The molecule has 0 aromatic heterocycles. The third kappa shape index (κ3) is 3.37. The molecule has 1 rings (SSSR count). The molecule has 0 unspecified atom stereocenters. The van der Waals surface area contributed by atoms with Gasteiger partial charge in [0.2, 0.25) is 0 Å². The van der Waals surface area contributed by atoms with Gasteiger partial charge in [-0.25, -0.2) is 4.79 Å². The normalized spacial score (nSPS) is 19.2. The summed E-state index contributed by atoms with van der Waals surface area (Å²) in [5.41, 5.74) is -0.276. The van der Waals surface area contributed by atoms with Crippen molar-refractivity contribution in [1.29, 1.82) is 0 Å². The van der Waals surface area contributed by atoms with Crippen LogP contribution in [0.25, 0.3) is 0 Å². The second-order valence-electron chi connectivity index (χ2n) is 3.72. The van der Waals surface area contributed by atoms with Crippen molar-refractivity contribution in [2.24, 2.45) is 0 Å². The first-order valence-electron chi connectivity index (χ1n) is 4.78. The Labute approximate surface area is 97.8 Å². The zero-order valence-electron chi connectivity index (χ0n) is 7.98. The summed E-state index contributed by atoms with van der Waals surface area (Å²) < 4.78 is 2.80. The van der Waals surface area contributed by atoms with Crippen molar-refractivity contribution >= 4 is 28.7 Å². The van der Waals surface area contributed by atoms with Crippen LogP contribution in [0.3, 0.4) is 0 Å². The first-order valence-corrected chi connectivity index (χ1v) is 5.86. The van der Waals surface area contributed by atoms with E-state index in [2.05, 4.69) is 15.2 Å². The second-order valence-corrected chi connectivity index (χ2v) is 4.26. The van der Waals surface area contributed by atoms with E-state index in [0.717, 1.165) is 25.7 Å². The van der Waals surface area contributed by atoms with Gasteiger partial charge in [0.05, 0.1) is 5.54 Å². The van der Waals surface area contributed by atoms with E-state index in [4.69, 9.17) is 5.11 Å². The van der Waals surface area contributed by atoms with Crippen molar-refractivity contribution in [3.8, 4) is 9.85 Å². The Morgan fingerprint density at radius 3 is 2.57 bits per heavy atom. The van der Waals surface area contributed by atoms with Gasteiger partial charge in [-0.1, -0.05) is 25.2 Å². The Bertz CT molecular complexity index is 261. The molecule has 2 N–H and O–H groups in total. The molecular formula is C10H14INO2. The van der Waals surface area contributed by atoms with Crippen LogP contribution < -0.4 is 5.32 Å². The molecule has 1 aliphatic rings. The average molecular weight is 307 g/mol. The highest BCUT2D eigenvalue weighted by atomic mass is 127. The summed E-state index contributed by atoms with van der Waals surface area (Å²) in [4.78, 5) is 10.7. The predicted molar refractivity (Wildman–Crippen MR) is 63.4 cm³/mol. The molecule has 1 saturated carbocycles. The van der Waals surface area contributed by atoms with Crippen LogP contribution in [0.4, 0.5) is 4.79 Å². The quantitative estimate of drug-likeness (QED) is 0.609. The maximum atomic E-state index is 10.7. The van der Waals surface area contributed by atoms with E-state index < -0.39 is 6.09 Å². The standard InChI is InChI=1S/C10H14INO2/c11-8-4-7-10(12-9(13)14)5-2-1-3-6-10/h12H,1-3,5-7H2,(H,13,14). The molecule has 1 aliphatic carbocycles. The molecule has 1 amide bonds. The van der Waals surface area contributed by atoms with Crippen LogP contribution in [0.5, 0.6) is 0 Å². The van der Waals surface area contributed by atoms with Gasteiger partial charge in [-0.2, -0.15) is 0 Å². The Kier molecular flexibility index (Phi) is 4.52. The molecule has 0 radical (unpaired) electrons. The fourth-order valence-corrected chi connectivity index (χ4v) is 2.19. The lowest BCUT2D eigenvalue weighted by Crippen LogP contribution is -2.48. The third-order valence-corrected chi connectivity index (χ3v) is 3.06. The van der Waals surface area contributed by atoms with Gasteiger partial charge in [-0.15, -0.1) is 0 Å². The van der Waals surface area contributed by atoms with Gasteiger partial charge in [0.25, 0.3) is 0 Å². The van der Waals surface area contributed by atoms with Crippen molar-refractivity contribution < 1.29 is 9.90 Å². The van der Waals surface area contributed by atoms with Crippen LogP contribution in [0.1, 0.15) is 38.5 Å². The summed E-state index contributed by atoms with van der Waals surface area (Å²) in [5, 5.41) is 11.4. The summed E-state index contributed by atoms with van der Waals surface area (Å²) in [7, 11) is 0. The van der Waals surface area contributed by atoms with Crippen molar-refractivity contribution in [1.82, 2.24) is 5.32 Å². The lowest BCUT2D eigenvalue weighted by molar-refractivity contribution is 0.163. The van der Waals surface area contributed by atoms with Gasteiger partial charge >= 0.3 is 6.09 Å². The Hall–Kier alpha value is -0.440. The molecule has 0 atom stereocenters. The average Bonchev–Trinajstić information content (AvgIpc) is 2.15. The SMILES string of the molecule is O=C(O)NC1(CC#CI)CCCCC1. The van der Waals surface area contributed by atoms with Crippen LogP contribution >= 0.6 is 22.6 Å². The van der Waals surface area contributed by atoms with Crippen molar-refractivity contribution in [2.45, 2.75) is 44.1 Å². The molecule has 0 spiro atoms. The minimum atomic E-state index is -0.929. The Balaban J connectivity index is 2.64. The number of rotatable bonds is 2. The van der Waals surface area contributed by atoms with Gasteiger partial charge in [-0.05, 0) is 16.8 Å². The molecule has 1 fully saturated rings. The minimum Gasteiger partial charge on any atom is -0.465 e. The predicted octanol–water partition coefficient (Wildman–Crippen LogP) is 2.74. The van der Waals surface area contributed by atoms with E-state index in [-0.39, 0.29) is 5.54 Å². The molecular weight excluding hydrogens is 293 g/mol. The molecule has 4 heteroatoms. The van der Waals surface area contributed by atoms with Crippen molar-refractivity contribution in [2.75, 3.05) is 0 Å². The fourth-order valence-electron chi connectivity index (χ4n) is 2.00. The smallest absolute Gasteiger partial charge is 0.405 e. The van der Waals surface area contributed by atoms with E-state index in [1.54, 1.807) is 0 Å². The number of carbonyl (C=O) groups is 1. The number of nitrogens with one attached hydrogen (secondary N) is 1. The summed E-state index contributed by atoms with van der Waals surface area (Å²) in [5.74, 6) is 2.98. The molecule has 0 aliphatic heterocycles. The Morgan fingerprint density at radius 2 is 2.07 bits per heavy atom. The monoisotopic (exact) mass is 307 g/mol. The minimum absolute atomic E-state index is 0.276. The zero-order chi connectivity index (χ0) is 10.4.